The van der Waals surface area contributed by atoms with Crippen molar-refractivity contribution >= 4 is 5.84 Å². The lowest BCUT2D eigenvalue weighted by molar-refractivity contribution is -0.138. The van der Waals surface area contributed by atoms with Crippen molar-refractivity contribution in [1.82, 2.24) is 4.90 Å². The molecule has 1 heterocycles. The quantitative estimate of drug-likeness (QED) is 0.858. The van der Waals surface area contributed by atoms with Crippen molar-refractivity contribution < 1.29 is 13.2 Å². The Hall–Kier alpha value is -1.52. The van der Waals surface area contributed by atoms with Gasteiger partial charge in [-0.3, -0.25) is 5.41 Å². The number of alkyl halides is 3. The van der Waals surface area contributed by atoms with Crippen LogP contribution in [0, 0.1) is 5.41 Å². The molecule has 0 aliphatic carbocycles. The lowest BCUT2D eigenvalue weighted by Gasteiger charge is -2.30. The van der Waals surface area contributed by atoms with Crippen LogP contribution in [0.2, 0.25) is 0 Å². The van der Waals surface area contributed by atoms with Crippen LogP contribution in [0.5, 0.6) is 0 Å². The average molecular weight is 256 g/mol. The van der Waals surface area contributed by atoms with Gasteiger partial charge >= 0.3 is 6.18 Å². The molecule has 5 heteroatoms. The first-order valence-electron chi connectivity index (χ1n) is 5.96. The fourth-order valence-electron chi connectivity index (χ4n) is 2.20. The Balaban J connectivity index is 2.21. The number of benzene rings is 1. The molecular weight excluding hydrogens is 241 g/mol. The number of amidine groups is 1. The average Bonchev–Trinajstić information content (AvgIpc) is 2.31. The third-order valence-corrected chi connectivity index (χ3v) is 3.16. The monoisotopic (exact) mass is 256 g/mol. The van der Waals surface area contributed by atoms with E-state index in [1.165, 1.54) is 12.1 Å². The second-order valence-corrected chi connectivity index (χ2v) is 4.48. The highest BCUT2D eigenvalue weighted by Crippen LogP contribution is 2.32. The van der Waals surface area contributed by atoms with E-state index in [2.05, 4.69) is 0 Å². The maximum atomic E-state index is 12.8. The molecule has 0 atom stereocenters. The van der Waals surface area contributed by atoms with Gasteiger partial charge in [-0.05, 0) is 24.5 Å². The van der Waals surface area contributed by atoms with Gasteiger partial charge in [0.2, 0.25) is 0 Å². The number of hydrogen-bond donors (Lipinski definition) is 1. The molecule has 1 aromatic carbocycles. The van der Waals surface area contributed by atoms with Crippen LogP contribution in [-0.4, -0.2) is 17.3 Å². The van der Waals surface area contributed by atoms with Crippen LogP contribution in [0.25, 0.3) is 0 Å². The van der Waals surface area contributed by atoms with Crippen LogP contribution in [0.15, 0.2) is 24.3 Å². The molecule has 0 saturated carbocycles. The van der Waals surface area contributed by atoms with Crippen LogP contribution < -0.4 is 0 Å². The summed E-state index contributed by atoms with van der Waals surface area (Å²) < 4.78 is 38.5. The van der Waals surface area contributed by atoms with Crippen LogP contribution in [-0.2, 0) is 12.7 Å². The first kappa shape index (κ1) is 12.9. The summed E-state index contributed by atoms with van der Waals surface area (Å²) in [6.07, 6.45) is -1.77. The van der Waals surface area contributed by atoms with E-state index in [-0.39, 0.29) is 12.1 Å². The highest BCUT2D eigenvalue weighted by Gasteiger charge is 2.33. The van der Waals surface area contributed by atoms with Crippen molar-refractivity contribution in [1.29, 1.82) is 5.41 Å². The molecule has 0 unspecified atom stereocenters. The molecule has 0 bridgehead atoms. The molecular formula is C13H15F3N2. The van der Waals surface area contributed by atoms with E-state index in [0.717, 1.165) is 18.9 Å². The lowest BCUT2D eigenvalue weighted by Crippen LogP contribution is -2.34. The maximum absolute atomic E-state index is 12.8. The summed E-state index contributed by atoms with van der Waals surface area (Å²) in [6, 6.07) is 5.60. The Morgan fingerprint density at radius 3 is 2.56 bits per heavy atom. The summed E-state index contributed by atoms with van der Waals surface area (Å²) >= 11 is 0. The molecule has 2 rings (SSSR count). The van der Waals surface area contributed by atoms with Gasteiger partial charge in [-0.1, -0.05) is 18.2 Å². The van der Waals surface area contributed by atoms with Crippen LogP contribution in [0.1, 0.15) is 30.4 Å². The summed E-state index contributed by atoms with van der Waals surface area (Å²) in [5.41, 5.74) is -0.347. The standard InChI is InChI=1S/C13H15F3N2/c14-13(15,16)11-6-2-1-5-10(11)9-18-8-4-3-7-12(18)17/h1-2,5-6,17H,3-4,7-9H2. The number of rotatable bonds is 2. The van der Waals surface area contributed by atoms with Crippen molar-refractivity contribution in [2.75, 3.05) is 6.54 Å². The second kappa shape index (κ2) is 5.00. The smallest absolute Gasteiger partial charge is 0.356 e. The molecule has 0 spiro atoms. The first-order valence-corrected chi connectivity index (χ1v) is 5.96. The third-order valence-electron chi connectivity index (χ3n) is 3.16. The third kappa shape index (κ3) is 2.83. The Morgan fingerprint density at radius 1 is 1.17 bits per heavy atom. The van der Waals surface area contributed by atoms with Gasteiger partial charge in [0.1, 0.15) is 0 Å². The Kier molecular flexibility index (Phi) is 3.59. The molecule has 1 aliphatic heterocycles. The number of nitrogens with zero attached hydrogens (tertiary/aromatic N) is 1. The molecule has 1 fully saturated rings. The zero-order valence-electron chi connectivity index (χ0n) is 9.93. The van der Waals surface area contributed by atoms with Gasteiger partial charge < -0.3 is 4.90 Å². The molecule has 1 aromatic rings. The number of halogens is 3. The molecule has 98 valence electrons. The van der Waals surface area contributed by atoms with E-state index in [0.29, 0.717) is 18.8 Å². The first-order chi connectivity index (χ1) is 8.48. The molecule has 0 aromatic heterocycles. The normalized spacial score (nSPS) is 17.1. The Bertz CT molecular complexity index is 440. The predicted octanol–water partition coefficient (Wildman–Crippen LogP) is 3.67. The van der Waals surface area contributed by atoms with Gasteiger partial charge in [0, 0.05) is 19.5 Å². The van der Waals surface area contributed by atoms with E-state index in [9.17, 15) is 13.2 Å². The number of likely N-dealkylation sites (tertiary alicyclic amines) is 1. The van der Waals surface area contributed by atoms with Crippen LogP contribution >= 0.6 is 0 Å². The van der Waals surface area contributed by atoms with Gasteiger partial charge in [-0.25, -0.2) is 0 Å². The van der Waals surface area contributed by atoms with Gasteiger partial charge in [0.15, 0.2) is 0 Å². The molecule has 0 radical (unpaired) electrons. The van der Waals surface area contributed by atoms with Crippen molar-refractivity contribution in [2.24, 2.45) is 0 Å². The lowest BCUT2D eigenvalue weighted by atomic mass is 10.0. The maximum Gasteiger partial charge on any atom is 0.416 e. The molecule has 1 aliphatic rings. The zero-order chi connectivity index (χ0) is 13.2. The predicted molar refractivity (Wildman–Crippen MR) is 63.4 cm³/mol. The van der Waals surface area contributed by atoms with Crippen molar-refractivity contribution in [3.8, 4) is 0 Å². The van der Waals surface area contributed by atoms with Crippen molar-refractivity contribution in [2.45, 2.75) is 32.0 Å². The van der Waals surface area contributed by atoms with Crippen molar-refractivity contribution in [3.05, 3.63) is 35.4 Å². The largest absolute Gasteiger partial charge is 0.416 e. The van der Waals surface area contributed by atoms with E-state index in [1.54, 1.807) is 11.0 Å². The summed E-state index contributed by atoms with van der Waals surface area (Å²) in [5, 5.41) is 7.77. The molecule has 18 heavy (non-hydrogen) atoms. The Morgan fingerprint density at radius 2 is 1.89 bits per heavy atom. The SMILES string of the molecule is N=C1CCCCN1Cc1ccccc1C(F)(F)F. The summed E-state index contributed by atoms with van der Waals surface area (Å²) in [7, 11) is 0. The van der Waals surface area contributed by atoms with E-state index < -0.39 is 11.7 Å². The summed E-state index contributed by atoms with van der Waals surface area (Å²) in [6.45, 7) is 0.847. The van der Waals surface area contributed by atoms with Gasteiger partial charge in [0.25, 0.3) is 0 Å². The highest BCUT2D eigenvalue weighted by molar-refractivity contribution is 5.79. The van der Waals surface area contributed by atoms with Gasteiger partial charge in [-0.2, -0.15) is 13.2 Å². The molecule has 1 saturated heterocycles. The van der Waals surface area contributed by atoms with E-state index in [1.807, 2.05) is 0 Å². The van der Waals surface area contributed by atoms with Crippen LogP contribution in [0.3, 0.4) is 0 Å². The summed E-state index contributed by atoms with van der Waals surface area (Å²) in [5.74, 6) is 0.443. The topological polar surface area (TPSA) is 27.1 Å². The molecule has 1 N–H and O–H groups in total. The van der Waals surface area contributed by atoms with Crippen LogP contribution in [0.4, 0.5) is 13.2 Å². The summed E-state index contributed by atoms with van der Waals surface area (Å²) in [4.78, 5) is 1.73. The number of hydrogen-bond acceptors (Lipinski definition) is 1. The fraction of sp³-hybridized carbons (Fsp3) is 0.462. The van der Waals surface area contributed by atoms with Gasteiger partial charge in [0.05, 0.1) is 11.4 Å². The fourth-order valence-corrected chi connectivity index (χ4v) is 2.20. The number of nitrogens with one attached hydrogen (secondary N) is 1. The minimum Gasteiger partial charge on any atom is -0.356 e. The van der Waals surface area contributed by atoms with E-state index >= 15 is 0 Å². The minimum absolute atomic E-state index is 0.175. The van der Waals surface area contributed by atoms with Crippen molar-refractivity contribution in [3.63, 3.8) is 0 Å². The number of piperidine rings is 1. The highest BCUT2D eigenvalue weighted by atomic mass is 19.4. The molecule has 0 amide bonds. The second-order valence-electron chi connectivity index (χ2n) is 4.48. The van der Waals surface area contributed by atoms with E-state index in [4.69, 9.17) is 5.41 Å². The molecule has 2 nitrogen and oxygen atoms in total. The Labute approximate surface area is 104 Å². The van der Waals surface area contributed by atoms with Gasteiger partial charge in [-0.15, -0.1) is 0 Å². The minimum atomic E-state index is -4.32. The zero-order valence-corrected chi connectivity index (χ0v) is 9.93.